The van der Waals surface area contributed by atoms with Crippen LogP contribution in [0.3, 0.4) is 0 Å². The van der Waals surface area contributed by atoms with Crippen LogP contribution in [0.25, 0.3) is 0 Å². The van der Waals surface area contributed by atoms with E-state index >= 15 is 0 Å². The smallest absolute Gasteiger partial charge is 0.410 e. The van der Waals surface area contributed by atoms with Crippen LogP contribution in [-0.4, -0.2) is 42.3 Å². The molecule has 0 radical (unpaired) electrons. The molecule has 4 nitrogen and oxygen atoms in total. The standard InChI is InChI=1S/C11H22N2O2/c1-5-13(9-6-7-12-8-9)10(14)15-11(2,3)4/h9,12H,5-8H2,1-4H3/t9-/m0/s1. The molecule has 88 valence electrons. The fourth-order valence-electron chi connectivity index (χ4n) is 1.76. The Morgan fingerprint density at radius 1 is 1.53 bits per heavy atom. The number of nitrogens with zero attached hydrogens (tertiary/aromatic N) is 1. The van der Waals surface area contributed by atoms with Crippen LogP contribution in [0.4, 0.5) is 4.79 Å². The second-order valence-electron chi connectivity index (χ2n) is 4.91. The van der Waals surface area contributed by atoms with E-state index in [1.807, 2.05) is 32.6 Å². The Bertz CT molecular complexity index is 217. The van der Waals surface area contributed by atoms with Crippen molar-refractivity contribution in [1.29, 1.82) is 0 Å². The maximum atomic E-state index is 11.9. The lowest BCUT2D eigenvalue weighted by molar-refractivity contribution is 0.0189. The van der Waals surface area contributed by atoms with E-state index in [1.54, 1.807) is 0 Å². The van der Waals surface area contributed by atoms with Crippen LogP contribution < -0.4 is 5.32 Å². The van der Waals surface area contributed by atoms with Gasteiger partial charge in [-0.25, -0.2) is 4.79 Å². The van der Waals surface area contributed by atoms with Crippen LogP contribution in [-0.2, 0) is 4.74 Å². The Hall–Kier alpha value is -0.770. The molecule has 1 N–H and O–H groups in total. The molecule has 0 bridgehead atoms. The summed E-state index contributed by atoms with van der Waals surface area (Å²) in [5, 5.41) is 3.26. The van der Waals surface area contributed by atoms with E-state index in [0.29, 0.717) is 12.6 Å². The fourth-order valence-corrected chi connectivity index (χ4v) is 1.76. The van der Waals surface area contributed by atoms with Gasteiger partial charge < -0.3 is 15.0 Å². The van der Waals surface area contributed by atoms with Crippen molar-refractivity contribution in [2.45, 2.75) is 45.8 Å². The van der Waals surface area contributed by atoms with E-state index in [-0.39, 0.29) is 6.09 Å². The summed E-state index contributed by atoms with van der Waals surface area (Å²) in [7, 11) is 0. The molecule has 1 aliphatic heterocycles. The van der Waals surface area contributed by atoms with Crippen molar-refractivity contribution < 1.29 is 9.53 Å². The summed E-state index contributed by atoms with van der Waals surface area (Å²) in [5.41, 5.74) is -0.406. The van der Waals surface area contributed by atoms with E-state index in [0.717, 1.165) is 19.5 Å². The highest BCUT2D eigenvalue weighted by Crippen LogP contribution is 2.14. The minimum Gasteiger partial charge on any atom is -0.444 e. The second-order valence-corrected chi connectivity index (χ2v) is 4.91. The zero-order chi connectivity index (χ0) is 11.5. The summed E-state index contributed by atoms with van der Waals surface area (Å²) in [6.45, 7) is 10.3. The van der Waals surface area contributed by atoms with E-state index < -0.39 is 5.60 Å². The van der Waals surface area contributed by atoms with Crippen molar-refractivity contribution in [2.24, 2.45) is 0 Å². The number of carbonyl (C=O) groups is 1. The van der Waals surface area contributed by atoms with Gasteiger partial charge >= 0.3 is 6.09 Å². The van der Waals surface area contributed by atoms with Gasteiger partial charge in [0, 0.05) is 19.1 Å². The van der Waals surface area contributed by atoms with Crippen molar-refractivity contribution in [3.8, 4) is 0 Å². The lowest BCUT2D eigenvalue weighted by Crippen LogP contribution is -2.44. The number of carbonyl (C=O) groups excluding carboxylic acids is 1. The predicted molar refractivity (Wildman–Crippen MR) is 59.9 cm³/mol. The number of hydrogen-bond donors (Lipinski definition) is 1. The quantitative estimate of drug-likeness (QED) is 0.759. The number of likely N-dealkylation sites (N-methyl/N-ethyl adjacent to an activating group) is 1. The maximum absolute atomic E-state index is 11.9. The number of amides is 1. The molecule has 0 spiro atoms. The van der Waals surface area contributed by atoms with Crippen molar-refractivity contribution in [2.75, 3.05) is 19.6 Å². The first-order valence-electron chi connectivity index (χ1n) is 5.64. The van der Waals surface area contributed by atoms with Crippen LogP contribution in [0.2, 0.25) is 0 Å². The van der Waals surface area contributed by atoms with Gasteiger partial charge in [-0.3, -0.25) is 0 Å². The Balaban J connectivity index is 2.53. The Morgan fingerprint density at radius 3 is 2.60 bits per heavy atom. The van der Waals surface area contributed by atoms with Gasteiger partial charge in [0.25, 0.3) is 0 Å². The zero-order valence-corrected chi connectivity index (χ0v) is 10.2. The SMILES string of the molecule is CCN(C(=O)OC(C)(C)C)[C@H]1CCNC1. The first-order chi connectivity index (χ1) is 6.94. The highest BCUT2D eigenvalue weighted by molar-refractivity contribution is 5.68. The molecule has 1 aliphatic rings. The normalized spacial score (nSPS) is 21.5. The molecule has 1 atom stereocenters. The van der Waals surface area contributed by atoms with Gasteiger partial charge in [-0.1, -0.05) is 0 Å². The predicted octanol–water partition coefficient (Wildman–Crippen LogP) is 1.61. The summed E-state index contributed by atoms with van der Waals surface area (Å²) in [6, 6.07) is 0.296. The van der Waals surface area contributed by atoms with Crippen LogP contribution in [0.5, 0.6) is 0 Å². The van der Waals surface area contributed by atoms with Crippen LogP contribution in [0.15, 0.2) is 0 Å². The van der Waals surface area contributed by atoms with Crippen molar-refractivity contribution in [3.05, 3.63) is 0 Å². The monoisotopic (exact) mass is 214 g/mol. The Labute approximate surface area is 92.0 Å². The summed E-state index contributed by atoms with van der Waals surface area (Å²) < 4.78 is 5.36. The molecule has 0 unspecified atom stereocenters. The summed E-state index contributed by atoms with van der Waals surface area (Å²) in [4.78, 5) is 13.7. The molecule has 0 aromatic carbocycles. The van der Waals surface area contributed by atoms with Crippen molar-refractivity contribution in [1.82, 2.24) is 10.2 Å². The van der Waals surface area contributed by atoms with Gasteiger partial charge in [0.15, 0.2) is 0 Å². The van der Waals surface area contributed by atoms with Gasteiger partial charge in [0.2, 0.25) is 0 Å². The molecule has 0 aromatic heterocycles. The van der Waals surface area contributed by atoms with E-state index in [2.05, 4.69) is 5.32 Å². The third-order valence-electron chi connectivity index (χ3n) is 2.44. The average Bonchev–Trinajstić information content (AvgIpc) is 2.54. The summed E-state index contributed by atoms with van der Waals surface area (Å²) >= 11 is 0. The molecule has 1 rings (SSSR count). The largest absolute Gasteiger partial charge is 0.444 e. The molecular weight excluding hydrogens is 192 g/mol. The van der Waals surface area contributed by atoms with Gasteiger partial charge in [0.05, 0.1) is 0 Å². The summed E-state index contributed by atoms with van der Waals surface area (Å²) in [6.07, 6.45) is 0.825. The van der Waals surface area contributed by atoms with Gasteiger partial charge in [-0.05, 0) is 40.7 Å². The molecule has 4 heteroatoms. The number of nitrogens with one attached hydrogen (secondary N) is 1. The molecule has 1 fully saturated rings. The van der Waals surface area contributed by atoms with Crippen LogP contribution >= 0.6 is 0 Å². The highest BCUT2D eigenvalue weighted by Gasteiger charge is 2.28. The third-order valence-corrected chi connectivity index (χ3v) is 2.44. The Morgan fingerprint density at radius 2 is 2.20 bits per heavy atom. The minimum atomic E-state index is -0.406. The molecule has 0 saturated carbocycles. The fraction of sp³-hybridized carbons (Fsp3) is 0.909. The average molecular weight is 214 g/mol. The van der Waals surface area contributed by atoms with Crippen LogP contribution in [0.1, 0.15) is 34.1 Å². The molecule has 0 aliphatic carbocycles. The maximum Gasteiger partial charge on any atom is 0.410 e. The molecule has 1 heterocycles. The molecule has 15 heavy (non-hydrogen) atoms. The molecule has 1 amide bonds. The van der Waals surface area contributed by atoms with Crippen LogP contribution in [0, 0.1) is 0 Å². The first-order valence-corrected chi connectivity index (χ1v) is 5.64. The van der Waals surface area contributed by atoms with Gasteiger partial charge in [-0.15, -0.1) is 0 Å². The van der Waals surface area contributed by atoms with Crippen molar-refractivity contribution in [3.63, 3.8) is 0 Å². The lowest BCUT2D eigenvalue weighted by atomic mass is 10.2. The van der Waals surface area contributed by atoms with E-state index in [4.69, 9.17) is 4.74 Å². The topological polar surface area (TPSA) is 41.6 Å². The lowest BCUT2D eigenvalue weighted by Gasteiger charge is -2.30. The van der Waals surface area contributed by atoms with Gasteiger partial charge in [0.1, 0.15) is 5.60 Å². The summed E-state index contributed by atoms with van der Waals surface area (Å²) in [5.74, 6) is 0. The molecule has 0 aromatic rings. The number of hydrogen-bond acceptors (Lipinski definition) is 3. The first kappa shape index (κ1) is 12.3. The zero-order valence-electron chi connectivity index (χ0n) is 10.2. The Kier molecular flexibility index (Phi) is 3.97. The second kappa shape index (κ2) is 4.84. The van der Waals surface area contributed by atoms with E-state index in [9.17, 15) is 4.79 Å². The molecular formula is C11H22N2O2. The third kappa shape index (κ3) is 3.70. The number of rotatable bonds is 2. The minimum absolute atomic E-state index is 0.196. The molecule has 1 saturated heterocycles. The highest BCUT2D eigenvalue weighted by atomic mass is 16.6. The number of ether oxygens (including phenoxy) is 1. The van der Waals surface area contributed by atoms with Crippen molar-refractivity contribution >= 4 is 6.09 Å². The van der Waals surface area contributed by atoms with E-state index in [1.165, 1.54) is 0 Å². The van der Waals surface area contributed by atoms with Gasteiger partial charge in [-0.2, -0.15) is 0 Å².